The topological polar surface area (TPSA) is 76.3 Å². The van der Waals surface area contributed by atoms with E-state index in [4.69, 9.17) is 4.74 Å². The van der Waals surface area contributed by atoms with Gasteiger partial charge in [0.15, 0.2) is 0 Å². The summed E-state index contributed by atoms with van der Waals surface area (Å²) in [5, 5.41) is 13.5. The van der Waals surface area contributed by atoms with E-state index in [0.717, 1.165) is 34.3 Å². The normalized spacial score (nSPS) is 11.7. The number of fused-ring (bicyclic) bond motifs is 1. The van der Waals surface area contributed by atoms with Crippen LogP contribution < -0.4 is 10.1 Å². The van der Waals surface area contributed by atoms with E-state index in [1.807, 2.05) is 50.2 Å². The highest BCUT2D eigenvalue weighted by molar-refractivity contribution is 5.96. The van der Waals surface area contributed by atoms with Crippen LogP contribution in [0.3, 0.4) is 0 Å². The summed E-state index contributed by atoms with van der Waals surface area (Å²) in [6.07, 6.45) is 0.501. The maximum atomic E-state index is 11.6. The molecule has 6 nitrogen and oxygen atoms in total. The van der Waals surface area contributed by atoms with Crippen LogP contribution in [0.4, 0.5) is 10.5 Å². The summed E-state index contributed by atoms with van der Waals surface area (Å²) < 4.78 is 12.8. The summed E-state index contributed by atoms with van der Waals surface area (Å²) in [6.45, 7) is 6.85. The van der Waals surface area contributed by atoms with Gasteiger partial charge in [-0.05, 0) is 44.5 Å². The van der Waals surface area contributed by atoms with Gasteiger partial charge in [0, 0.05) is 29.2 Å². The Bertz CT molecular complexity index is 1080. The number of ether oxygens (including phenoxy) is 2. The third-order valence-electron chi connectivity index (χ3n) is 4.94. The van der Waals surface area contributed by atoms with Crippen LogP contribution >= 0.6 is 0 Å². The average Bonchev–Trinajstić information content (AvgIpc) is 3.06. The van der Waals surface area contributed by atoms with E-state index in [1.165, 1.54) is 7.11 Å². The minimum absolute atomic E-state index is 0.119. The number of anilines is 1. The molecule has 150 valence electrons. The third-order valence-corrected chi connectivity index (χ3v) is 4.94. The number of nitrogens with zero attached hydrogens (tertiary/aromatic N) is 2. The molecule has 1 atom stereocenters. The van der Waals surface area contributed by atoms with Gasteiger partial charge in [-0.1, -0.05) is 19.1 Å². The van der Waals surface area contributed by atoms with E-state index in [0.29, 0.717) is 17.8 Å². The molecule has 1 amide bonds. The number of amides is 1. The maximum Gasteiger partial charge on any atom is 0.411 e. The molecule has 1 heterocycles. The Hall–Kier alpha value is -3.46. The first-order chi connectivity index (χ1) is 14.0. The Balaban J connectivity index is 2.16. The molecule has 2 aromatic carbocycles. The molecule has 0 saturated heterocycles. The second kappa shape index (κ2) is 8.70. The van der Waals surface area contributed by atoms with Gasteiger partial charge in [-0.2, -0.15) is 5.26 Å². The molecule has 0 aliphatic heterocycles. The first-order valence-electron chi connectivity index (χ1n) is 9.70. The van der Waals surface area contributed by atoms with Crippen LogP contribution in [0.2, 0.25) is 0 Å². The van der Waals surface area contributed by atoms with Crippen molar-refractivity contribution in [1.29, 1.82) is 5.26 Å². The molecule has 6 heteroatoms. The summed E-state index contributed by atoms with van der Waals surface area (Å²) in [5.74, 6) is 0.788. The van der Waals surface area contributed by atoms with E-state index >= 15 is 0 Å². The van der Waals surface area contributed by atoms with Gasteiger partial charge in [0.1, 0.15) is 11.8 Å². The minimum Gasteiger partial charge on any atom is -0.491 e. The number of benzene rings is 2. The molecule has 1 N–H and O–H groups in total. The smallest absolute Gasteiger partial charge is 0.411 e. The average molecular weight is 391 g/mol. The molecular formula is C23H25N3O3. The Labute approximate surface area is 170 Å². The lowest BCUT2D eigenvalue weighted by atomic mass is 10.1. The van der Waals surface area contributed by atoms with Crippen molar-refractivity contribution in [2.75, 3.05) is 12.4 Å². The van der Waals surface area contributed by atoms with Crippen LogP contribution in [0.25, 0.3) is 22.2 Å². The second-order valence-corrected chi connectivity index (χ2v) is 6.79. The van der Waals surface area contributed by atoms with Crippen LogP contribution in [0.15, 0.2) is 42.5 Å². The standard InChI is InChI=1S/C23H25N3O3/c1-5-15(3)29-18-10-11-19-20(14-24)22(26(6-2)21(19)13-18)16-8-7-9-17(12-16)25-23(27)28-4/h7-13,15H,5-6H2,1-4H3,(H,25,27). The zero-order chi connectivity index (χ0) is 21.0. The van der Waals surface area contributed by atoms with Crippen molar-refractivity contribution < 1.29 is 14.3 Å². The minimum atomic E-state index is -0.537. The van der Waals surface area contributed by atoms with Crippen molar-refractivity contribution in [3.05, 3.63) is 48.0 Å². The fraction of sp³-hybridized carbons (Fsp3) is 0.304. The largest absolute Gasteiger partial charge is 0.491 e. The summed E-state index contributed by atoms with van der Waals surface area (Å²) >= 11 is 0. The first kappa shape index (κ1) is 20.3. The van der Waals surface area contributed by atoms with E-state index in [9.17, 15) is 10.1 Å². The summed E-state index contributed by atoms with van der Waals surface area (Å²) in [5.41, 5.74) is 3.82. The SMILES string of the molecule is CCC(C)Oc1ccc2c(C#N)c(-c3cccc(NC(=O)OC)c3)n(CC)c2c1. The van der Waals surface area contributed by atoms with Crippen LogP contribution in [0.5, 0.6) is 5.75 Å². The molecule has 0 radical (unpaired) electrons. The van der Waals surface area contributed by atoms with Gasteiger partial charge in [-0.25, -0.2) is 4.79 Å². The Morgan fingerprint density at radius 3 is 2.69 bits per heavy atom. The molecule has 3 aromatic rings. The van der Waals surface area contributed by atoms with Crippen LogP contribution in [0.1, 0.15) is 32.8 Å². The van der Waals surface area contributed by atoms with Crippen molar-refractivity contribution in [2.24, 2.45) is 0 Å². The van der Waals surface area contributed by atoms with Gasteiger partial charge < -0.3 is 14.0 Å². The molecule has 0 spiro atoms. The Kier molecular flexibility index (Phi) is 6.08. The number of nitrogens with one attached hydrogen (secondary N) is 1. The van der Waals surface area contributed by atoms with E-state index < -0.39 is 6.09 Å². The van der Waals surface area contributed by atoms with Crippen molar-refractivity contribution >= 4 is 22.7 Å². The van der Waals surface area contributed by atoms with E-state index in [2.05, 4.69) is 27.6 Å². The maximum absolute atomic E-state index is 11.6. The number of methoxy groups -OCH3 is 1. The lowest BCUT2D eigenvalue weighted by molar-refractivity contribution is 0.187. The molecule has 1 unspecified atom stereocenters. The Morgan fingerprint density at radius 1 is 1.24 bits per heavy atom. The van der Waals surface area contributed by atoms with Gasteiger partial charge >= 0.3 is 6.09 Å². The summed E-state index contributed by atoms with van der Waals surface area (Å²) in [4.78, 5) is 11.6. The first-order valence-corrected chi connectivity index (χ1v) is 9.70. The lowest BCUT2D eigenvalue weighted by Crippen LogP contribution is -2.10. The predicted octanol–water partition coefficient (Wildman–Crippen LogP) is 5.56. The number of nitriles is 1. The van der Waals surface area contributed by atoms with Crippen molar-refractivity contribution in [3.8, 4) is 23.1 Å². The van der Waals surface area contributed by atoms with Crippen LogP contribution in [-0.4, -0.2) is 23.9 Å². The molecule has 0 aliphatic rings. The monoisotopic (exact) mass is 391 g/mol. The highest BCUT2D eigenvalue weighted by Gasteiger charge is 2.19. The molecule has 0 aliphatic carbocycles. The lowest BCUT2D eigenvalue weighted by Gasteiger charge is -2.13. The fourth-order valence-electron chi connectivity index (χ4n) is 3.37. The molecule has 0 fully saturated rings. The quantitative estimate of drug-likeness (QED) is 0.597. The number of carbonyl (C=O) groups is 1. The van der Waals surface area contributed by atoms with E-state index in [-0.39, 0.29) is 6.10 Å². The van der Waals surface area contributed by atoms with Gasteiger partial charge in [0.05, 0.1) is 30.0 Å². The highest BCUT2D eigenvalue weighted by atomic mass is 16.5. The third kappa shape index (κ3) is 4.04. The van der Waals surface area contributed by atoms with Gasteiger partial charge in [-0.3, -0.25) is 5.32 Å². The second-order valence-electron chi connectivity index (χ2n) is 6.79. The predicted molar refractivity (Wildman–Crippen MR) is 114 cm³/mol. The molecule has 3 rings (SSSR count). The highest BCUT2D eigenvalue weighted by Crippen LogP contribution is 2.36. The van der Waals surface area contributed by atoms with Gasteiger partial charge in [0.25, 0.3) is 0 Å². The number of aromatic nitrogens is 1. The van der Waals surface area contributed by atoms with Gasteiger partial charge in [-0.15, -0.1) is 0 Å². The summed E-state index contributed by atoms with van der Waals surface area (Å²) in [6, 6.07) is 15.6. The van der Waals surface area contributed by atoms with Crippen LogP contribution in [-0.2, 0) is 11.3 Å². The number of hydrogen-bond acceptors (Lipinski definition) is 4. The molecular weight excluding hydrogens is 366 g/mol. The zero-order valence-corrected chi connectivity index (χ0v) is 17.2. The van der Waals surface area contributed by atoms with Crippen molar-refractivity contribution in [1.82, 2.24) is 4.57 Å². The van der Waals surface area contributed by atoms with E-state index in [1.54, 1.807) is 6.07 Å². The number of aryl methyl sites for hydroxylation is 1. The number of rotatable bonds is 6. The van der Waals surface area contributed by atoms with Crippen molar-refractivity contribution in [2.45, 2.75) is 39.8 Å². The van der Waals surface area contributed by atoms with Crippen molar-refractivity contribution in [3.63, 3.8) is 0 Å². The van der Waals surface area contributed by atoms with Crippen LogP contribution in [0, 0.1) is 11.3 Å². The van der Waals surface area contributed by atoms with Gasteiger partial charge in [0.2, 0.25) is 0 Å². The molecule has 0 bridgehead atoms. The summed E-state index contributed by atoms with van der Waals surface area (Å²) in [7, 11) is 1.32. The molecule has 0 saturated carbocycles. The Morgan fingerprint density at radius 2 is 2.03 bits per heavy atom. The number of hydrogen-bond donors (Lipinski definition) is 1. The fourth-order valence-corrected chi connectivity index (χ4v) is 3.37. The zero-order valence-electron chi connectivity index (χ0n) is 17.2. The molecule has 1 aromatic heterocycles. The number of carbonyl (C=O) groups excluding carboxylic acids is 1. The molecule has 29 heavy (non-hydrogen) atoms.